The highest BCUT2D eigenvalue weighted by atomic mass is 32.1. The molecule has 1 fully saturated rings. The van der Waals surface area contributed by atoms with Crippen LogP contribution in [-0.2, 0) is 0 Å². The van der Waals surface area contributed by atoms with Crippen molar-refractivity contribution in [2.75, 3.05) is 11.9 Å². The number of anilines is 1. The number of aromatic nitrogens is 2. The molecule has 90 valence electrons. The van der Waals surface area contributed by atoms with Gasteiger partial charge in [-0.25, -0.2) is 9.97 Å². The highest BCUT2D eigenvalue weighted by molar-refractivity contribution is 7.16. The molecule has 0 aromatic carbocycles. The molecule has 0 saturated heterocycles. The Kier molecular flexibility index (Phi) is 2.52. The average Bonchev–Trinajstić information content (AvgIpc) is 3.09. The van der Waals surface area contributed by atoms with Crippen molar-refractivity contribution in [2.45, 2.75) is 25.3 Å². The van der Waals surface area contributed by atoms with Gasteiger partial charge >= 0.3 is 0 Å². The first-order chi connectivity index (χ1) is 8.21. The molecule has 0 amide bonds. The molecule has 1 saturated carbocycles. The summed E-state index contributed by atoms with van der Waals surface area (Å²) in [6, 6.07) is 2.03. The minimum atomic E-state index is -0.0645. The predicted molar refractivity (Wildman–Crippen MR) is 71.2 cm³/mol. The molecule has 1 atom stereocenters. The van der Waals surface area contributed by atoms with Crippen molar-refractivity contribution >= 4 is 27.5 Å². The van der Waals surface area contributed by atoms with Crippen LogP contribution in [0.4, 0.5) is 5.95 Å². The summed E-state index contributed by atoms with van der Waals surface area (Å²) < 4.78 is 0. The maximum atomic E-state index is 5.87. The van der Waals surface area contributed by atoms with Crippen molar-refractivity contribution < 1.29 is 0 Å². The van der Waals surface area contributed by atoms with Crippen molar-refractivity contribution in [3.63, 3.8) is 0 Å². The summed E-state index contributed by atoms with van der Waals surface area (Å²) in [5.41, 5.74) is 5.81. The highest BCUT2D eigenvalue weighted by Crippen LogP contribution is 2.40. The van der Waals surface area contributed by atoms with E-state index in [1.165, 1.54) is 12.8 Å². The van der Waals surface area contributed by atoms with E-state index in [1.807, 2.05) is 17.6 Å². The van der Waals surface area contributed by atoms with Gasteiger partial charge < -0.3 is 11.1 Å². The molecule has 0 aliphatic heterocycles. The number of nitrogens with one attached hydrogen (secondary N) is 1. The van der Waals surface area contributed by atoms with E-state index in [-0.39, 0.29) is 5.54 Å². The van der Waals surface area contributed by atoms with Crippen LogP contribution < -0.4 is 11.1 Å². The number of nitrogens with two attached hydrogens (primary N) is 1. The Hall–Kier alpha value is -1.20. The number of thiophene rings is 1. The summed E-state index contributed by atoms with van der Waals surface area (Å²) in [5, 5.41) is 6.54. The summed E-state index contributed by atoms with van der Waals surface area (Å²) in [6.07, 6.45) is 4.37. The molecule has 5 heteroatoms. The largest absolute Gasteiger partial charge is 0.347 e. The topological polar surface area (TPSA) is 63.8 Å². The zero-order valence-corrected chi connectivity index (χ0v) is 10.6. The lowest BCUT2D eigenvalue weighted by Crippen LogP contribution is -2.45. The van der Waals surface area contributed by atoms with Crippen LogP contribution in [0.3, 0.4) is 0 Å². The van der Waals surface area contributed by atoms with E-state index in [9.17, 15) is 0 Å². The van der Waals surface area contributed by atoms with E-state index in [2.05, 4.69) is 22.2 Å². The molecule has 2 aromatic rings. The average molecular weight is 248 g/mol. The molecular weight excluding hydrogens is 232 g/mol. The van der Waals surface area contributed by atoms with Gasteiger partial charge in [-0.05, 0) is 37.1 Å². The van der Waals surface area contributed by atoms with Crippen molar-refractivity contribution in [1.82, 2.24) is 9.97 Å². The Morgan fingerprint density at radius 2 is 2.41 bits per heavy atom. The number of hydrogen-bond acceptors (Lipinski definition) is 5. The Morgan fingerprint density at radius 1 is 1.59 bits per heavy atom. The SMILES string of the molecule is CC(CN)(Nc1ncc2ccsc2n1)C1CC1. The van der Waals surface area contributed by atoms with Crippen LogP contribution in [0.15, 0.2) is 17.6 Å². The lowest BCUT2D eigenvalue weighted by molar-refractivity contribution is 0.456. The molecule has 17 heavy (non-hydrogen) atoms. The fourth-order valence-corrected chi connectivity index (χ4v) is 2.85. The number of fused-ring (bicyclic) bond motifs is 1. The molecule has 4 nitrogen and oxygen atoms in total. The minimum absolute atomic E-state index is 0.0645. The van der Waals surface area contributed by atoms with E-state index in [0.29, 0.717) is 18.4 Å². The van der Waals surface area contributed by atoms with Gasteiger partial charge in [-0.15, -0.1) is 11.3 Å². The third-order valence-corrected chi connectivity index (χ3v) is 4.33. The van der Waals surface area contributed by atoms with Crippen LogP contribution in [0, 0.1) is 5.92 Å². The number of rotatable bonds is 4. The molecule has 2 heterocycles. The first kappa shape index (κ1) is 10.9. The zero-order valence-electron chi connectivity index (χ0n) is 9.81. The Bertz CT molecular complexity index is 534. The molecule has 3 rings (SSSR count). The fourth-order valence-electron chi connectivity index (χ4n) is 2.11. The second kappa shape index (κ2) is 3.92. The smallest absolute Gasteiger partial charge is 0.224 e. The molecule has 3 N–H and O–H groups in total. The van der Waals surface area contributed by atoms with E-state index in [0.717, 1.165) is 10.2 Å². The molecule has 0 radical (unpaired) electrons. The van der Waals surface area contributed by atoms with Crippen molar-refractivity contribution in [1.29, 1.82) is 0 Å². The van der Waals surface area contributed by atoms with E-state index in [4.69, 9.17) is 5.73 Å². The highest BCUT2D eigenvalue weighted by Gasteiger charge is 2.41. The maximum absolute atomic E-state index is 5.87. The van der Waals surface area contributed by atoms with E-state index < -0.39 is 0 Å². The van der Waals surface area contributed by atoms with Gasteiger partial charge in [0.1, 0.15) is 4.83 Å². The zero-order chi connectivity index (χ0) is 11.9. The van der Waals surface area contributed by atoms with Crippen LogP contribution in [0.25, 0.3) is 10.2 Å². The maximum Gasteiger partial charge on any atom is 0.224 e. The predicted octanol–water partition coefficient (Wildman–Crippen LogP) is 2.23. The summed E-state index contributed by atoms with van der Waals surface area (Å²) in [6.45, 7) is 2.77. The van der Waals surface area contributed by atoms with Gasteiger partial charge in [0, 0.05) is 18.1 Å². The summed E-state index contributed by atoms with van der Waals surface area (Å²) >= 11 is 1.64. The van der Waals surface area contributed by atoms with Crippen LogP contribution in [0.1, 0.15) is 19.8 Å². The van der Waals surface area contributed by atoms with E-state index >= 15 is 0 Å². The Morgan fingerprint density at radius 3 is 3.12 bits per heavy atom. The molecule has 1 aliphatic rings. The molecule has 2 aromatic heterocycles. The number of hydrogen-bond donors (Lipinski definition) is 2. The van der Waals surface area contributed by atoms with Crippen molar-refractivity contribution in [3.05, 3.63) is 17.6 Å². The second-order valence-electron chi connectivity index (χ2n) is 4.90. The molecule has 1 aliphatic carbocycles. The van der Waals surface area contributed by atoms with Gasteiger partial charge in [0.2, 0.25) is 5.95 Å². The second-order valence-corrected chi connectivity index (χ2v) is 5.79. The van der Waals surface area contributed by atoms with Crippen molar-refractivity contribution in [3.8, 4) is 0 Å². The van der Waals surface area contributed by atoms with Gasteiger partial charge in [-0.2, -0.15) is 0 Å². The van der Waals surface area contributed by atoms with Crippen LogP contribution >= 0.6 is 11.3 Å². The first-order valence-electron chi connectivity index (χ1n) is 5.90. The van der Waals surface area contributed by atoms with Gasteiger partial charge in [0.15, 0.2) is 0 Å². The van der Waals surface area contributed by atoms with Gasteiger partial charge in [0.25, 0.3) is 0 Å². The molecule has 0 spiro atoms. The van der Waals surface area contributed by atoms with E-state index in [1.54, 1.807) is 11.3 Å². The van der Waals surface area contributed by atoms with Crippen LogP contribution in [0.2, 0.25) is 0 Å². The van der Waals surface area contributed by atoms with Crippen molar-refractivity contribution in [2.24, 2.45) is 11.7 Å². The summed E-state index contributed by atoms with van der Waals surface area (Å²) in [7, 11) is 0. The molecule has 1 unspecified atom stereocenters. The van der Waals surface area contributed by atoms with Crippen LogP contribution in [0.5, 0.6) is 0 Å². The Balaban J connectivity index is 1.87. The van der Waals surface area contributed by atoms with Gasteiger partial charge in [-0.1, -0.05) is 0 Å². The van der Waals surface area contributed by atoms with Gasteiger partial charge in [0.05, 0.1) is 5.54 Å². The third-order valence-electron chi connectivity index (χ3n) is 3.51. The lowest BCUT2D eigenvalue weighted by atomic mass is 9.96. The quantitative estimate of drug-likeness (QED) is 0.871. The minimum Gasteiger partial charge on any atom is -0.347 e. The third kappa shape index (κ3) is 2.00. The summed E-state index contributed by atoms with van der Waals surface area (Å²) in [4.78, 5) is 9.90. The first-order valence-corrected chi connectivity index (χ1v) is 6.78. The fraction of sp³-hybridized carbons (Fsp3) is 0.500. The standard InChI is InChI=1S/C12H16N4S/c1-12(7-13,9-2-3-9)16-11-14-6-8-4-5-17-10(8)15-11/h4-6,9H,2-3,7,13H2,1H3,(H,14,15,16). The monoisotopic (exact) mass is 248 g/mol. The lowest BCUT2D eigenvalue weighted by Gasteiger charge is -2.29. The normalized spacial score (nSPS) is 19.2. The van der Waals surface area contributed by atoms with Crippen LogP contribution in [-0.4, -0.2) is 22.1 Å². The summed E-state index contributed by atoms with van der Waals surface area (Å²) in [5.74, 6) is 1.36. The Labute approximate surface area is 104 Å². The van der Waals surface area contributed by atoms with Gasteiger partial charge in [-0.3, -0.25) is 0 Å². The molecule has 0 bridgehead atoms. The number of nitrogens with zero attached hydrogens (tertiary/aromatic N) is 2. The molecular formula is C12H16N4S.